The number of nitro groups is 1. The molecule has 1 amide bonds. The lowest BCUT2D eigenvalue weighted by Gasteiger charge is -2.20. The van der Waals surface area contributed by atoms with Crippen molar-refractivity contribution in [3.63, 3.8) is 0 Å². The molecule has 34 heavy (non-hydrogen) atoms. The molecule has 8 nitrogen and oxygen atoms in total. The van der Waals surface area contributed by atoms with E-state index >= 15 is 0 Å². The van der Waals surface area contributed by atoms with Crippen molar-refractivity contribution in [1.82, 2.24) is 0 Å². The number of nitrogens with zero attached hydrogens (tertiary/aromatic N) is 1. The molecule has 10 heteroatoms. The Kier molecular flexibility index (Phi) is 6.20. The molecule has 1 aliphatic rings. The van der Waals surface area contributed by atoms with Gasteiger partial charge in [0.2, 0.25) is 0 Å². The van der Waals surface area contributed by atoms with Gasteiger partial charge in [-0.3, -0.25) is 14.9 Å². The van der Waals surface area contributed by atoms with Crippen LogP contribution in [0.1, 0.15) is 22.3 Å². The molecule has 0 aliphatic carbocycles. The van der Waals surface area contributed by atoms with E-state index in [1.807, 2.05) is 32.0 Å². The maximum Gasteiger partial charge on any atom is 0.311 e. The van der Waals surface area contributed by atoms with Gasteiger partial charge in [-0.1, -0.05) is 36.0 Å². The van der Waals surface area contributed by atoms with Crippen molar-refractivity contribution >= 4 is 45.0 Å². The number of aryl methyl sites for hydroxylation is 2. The van der Waals surface area contributed by atoms with Crippen LogP contribution in [0.3, 0.4) is 0 Å². The monoisotopic (exact) mass is 496 g/mol. The number of hydrogen-bond donors (Lipinski definition) is 2. The lowest BCUT2D eigenvalue weighted by Crippen LogP contribution is -2.18. The molecule has 0 fully saturated rings. The van der Waals surface area contributed by atoms with Crippen LogP contribution in [0, 0.1) is 24.0 Å². The number of phenols is 1. The van der Waals surface area contributed by atoms with Crippen molar-refractivity contribution in [1.29, 1.82) is 0 Å². The first-order chi connectivity index (χ1) is 16.0. The van der Waals surface area contributed by atoms with Crippen molar-refractivity contribution in [2.75, 3.05) is 5.32 Å². The van der Waals surface area contributed by atoms with Crippen LogP contribution < -0.4 is 5.32 Å². The Morgan fingerprint density at radius 1 is 1.09 bits per heavy atom. The summed E-state index contributed by atoms with van der Waals surface area (Å²) in [5.74, 6) is -1.07. The van der Waals surface area contributed by atoms with Crippen molar-refractivity contribution in [3.8, 4) is 5.75 Å². The number of sulfone groups is 1. The topological polar surface area (TPSA) is 127 Å². The zero-order valence-electron chi connectivity index (χ0n) is 18.2. The number of carbonyl (C=O) groups excluding carboxylic acids is 1. The predicted molar refractivity (Wildman–Crippen MR) is 130 cm³/mol. The number of carbonyl (C=O) groups is 1. The van der Waals surface area contributed by atoms with Crippen molar-refractivity contribution in [3.05, 3.63) is 91.9 Å². The molecule has 3 aromatic carbocycles. The highest BCUT2D eigenvalue weighted by molar-refractivity contribution is 8.04. The average Bonchev–Trinajstić information content (AvgIpc) is 2.77. The zero-order chi connectivity index (χ0) is 24.6. The minimum atomic E-state index is -3.65. The van der Waals surface area contributed by atoms with E-state index in [1.54, 1.807) is 6.07 Å². The summed E-state index contributed by atoms with van der Waals surface area (Å²) >= 11 is 1.13. The molecular weight excluding hydrogens is 476 g/mol. The van der Waals surface area contributed by atoms with E-state index in [9.17, 15) is 28.4 Å². The van der Waals surface area contributed by atoms with Gasteiger partial charge < -0.3 is 10.4 Å². The minimum Gasteiger partial charge on any atom is -0.502 e. The highest BCUT2D eigenvalue weighted by Gasteiger charge is 2.25. The number of nitrogens with one attached hydrogen (secondary N) is 1. The van der Waals surface area contributed by atoms with Gasteiger partial charge in [-0.15, -0.1) is 0 Å². The standard InChI is InChI=1S/C24H20N2O6S2/c1-14-4-3-5-15(2)18(14)13-34(31,32)17-7-9-22-19(12-17)25-24(28)23(33-22)11-16-6-8-21(27)20(10-16)26(29)30/h3-12,27H,13H2,1-2H3,(H,25,28). The SMILES string of the molecule is Cc1cccc(C)c1CS(=O)(=O)c1ccc2c(c1)NC(=O)C(=Cc1ccc(O)c([N+](=O)[O-])c1)S2. The summed E-state index contributed by atoms with van der Waals surface area (Å²) in [6.07, 6.45) is 1.47. The van der Waals surface area contributed by atoms with Crippen LogP contribution >= 0.6 is 11.8 Å². The Morgan fingerprint density at radius 3 is 2.47 bits per heavy atom. The summed E-state index contributed by atoms with van der Waals surface area (Å²) in [4.78, 5) is 24.0. The first kappa shape index (κ1) is 23.5. The molecule has 174 valence electrons. The van der Waals surface area contributed by atoms with Crippen molar-refractivity contribution in [2.45, 2.75) is 29.4 Å². The van der Waals surface area contributed by atoms with Crippen LogP contribution in [0.15, 0.2) is 69.3 Å². The summed E-state index contributed by atoms with van der Waals surface area (Å²) in [5.41, 5.74) is 2.84. The van der Waals surface area contributed by atoms with E-state index in [-0.39, 0.29) is 15.6 Å². The Labute approximate surface area is 200 Å². The number of benzene rings is 3. The molecule has 0 saturated carbocycles. The highest BCUT2D eigenvalue weighted by Crippen LogP contribution is 2.40. The van der Waals surface area contributed by atoms with E-state index < -0.39 is 32.1 Å². The Hall–Kier alpha value is -3.63. The van der Waals surface area contributed by atoms with Gasteiger partial charge in [0.25, 0.3) is 5.91 Å². The number of aromatic hydroxyl groups is 1. The number of amides is 1. The van der Waals surface area contributed by atoms with Gasteiger partial charge in [0.15, 0.2) is 15.6 Å². The zero-order valence-corrected chi connectivity index (χ0v) is 19.9. The third-order valence-electron chi connectivity index (χ3n) is 5.47. The number of nitro benzene ring substituents is 1. The molecule has 1 heterocycles. The predicted octanol–water partition coefficient (Wildman–Crippen LogP) is 4.98. The molecule has 2 N–H and O–H groups in total. The molecule has 0 unspecified atom stereocenters. The smallest absolute Gasteiger partial charge is 0.311 e. The fourth-order valence-electron chi connectivity index (χ4n) is 3.61. The Bertz CT molecular complexity index is 1460. The molecule has 0 radical (unpaired) electrons. The quantitative estimate of drug-likeness (QED) is 0.290. The first-order valence-electron chi connectivity index (χ1n) is 10.2. The van der Waals surface area contributed by atoms with E-state index in [1.165, 1.54) is 36.4 Å². The lowest BCUT2D eigenvalue weighted by atomic mass is 10.1. The second-order valence-corrected chi connectivity index (χ2v) is 10.9. The summed E-state index contributed by atoms with van der Waals surface area (Å²) in [6, 6.07) is 14.0. The number of phenolic OH excluding ortho intramolecular Hbond substituents is 1. The molecular formula is C24H20N2O6S2. The number of fused-ring (bicyclic) bond motifs is 1. The molecule has 0 saturated heterocycles. The van der Waals surface area contributed by atoms with Gasteiger partial charge in [-0.2, -0.15) is 0 Å². The van der Waals surface area contributed by atoms with Gasteiger partial charge in [-0.05, 0) is 66.4 Å². The van der Waals surface area contributed by atoms with Gasteiger partial charge in [0.1, 0.15) is 0 Å². The van der Waals surface area contributed by atoms with Crippen molar-refractivity contribution < 1.29 is 23.2 Å². The molecule has 0 bridgehead atoms. The molecule has 4 rings (SSSR count). The Balaban J connectivity index is 1.62. The molecule has 1 aliphatic heterocycles. The van der Waals surface area contributed by atoms with E-state index in [0.29, 0.717) is 16.1 Å². The minimum absolute atomic E-state index is 0.108. The fourth-order valence-corrected chi connectivity index (χ4v) is 6.12. The first-order valence-corrected chi connectivity index (χ1v) is 12.6. The molecule has 0 atom stereocenters. The number of anilines is 1. The van der Waals surface area contributed by atoms with Crippen LogP contribution in [0.25, 0.3) is 6.08 Å². The van der Waals surface area contributed by atoms with Gasteiger partial charge in [0, 0.05) is 11.0 Å². The largest absolute Gasteiger partial charge is 0.502 e. The Morgan fingerprint density at radius 2 is 1.79 bits per heavy atom. The normalized spacial score (nSPS) is 14.5. The van der Waals surface area contributed by atoms with Crippen LogP contribution in [0.2, 0.25) is 0 Å². The van der Waals surface area contributed by atoms with E-state index in [0.717, 1.165) is 28.5 Å². The molecule has 3 aromatic rings. The number of thioether (sulfide) groups is 1. The third-order valence-corrected chi connectivity index (χ3v) is 8.21. The van der Waals surface area contributed by atoms with E-state index in [4.69, 9.17) is 0 Å². The average molecular weight is 497 g/mol. The van der Waals surface area contributed by atoms with Crippen LogP contribution in [-0.4, -0.2) is 24.4 Å². The second-order valence-electron chi connectivity index (χ2n) is 7.86. The van der Waals surface area contributed by atoms with Gasteiger partial charge in [0.05, 0.1) is 26.2 Å². The van der Waals surface area contributed by atoms with Gasteiger partial charge in [-0.25, -0.2) is 8.42 Å². The van der Waals surface area contributed by atoms with E-state index in [2.05, 4.69) is 5.32 Å². The number of rotatable bonds is 5. The molecule has 0 aromatic heterocycles. The summed E-state index contributed by atoms with van der Waals surface area (Å²) in [6.45, 7) is 3.75. The van der Waals surface area contributed by atoms with Crippen LogP contribution in [0.5, 0.6) is 5.75 Å². The summed E-state index contributed by atoms with van der Waals surface area (Å²) < 4.78 is 26.2. The second kappa shape index (κ2) is 8.96. The van der Waals surface area contributed by atoms with Gasteiger partial charge >= 0.3 is 5.69 Å². The van der Waals surface area contributed by atoms with Crippen LogP contribution in [-0.2, 0) is 20.4 Å². The third kappa shape index (κ3) is 4.68. The fraction of sp³-hybridized carbons (Fsp3) is 0.125. The molecule has 0 spiro atoms. The van der Waals surface area contributed by atoms with Crippen LogP contribution in [0.4, 0.5) is 11.4 Å². The highest BCUT2D eigenvalue weighted by atomic mass is 32.2. The maximum absolute atomic E-state index is 13.1. The lowest BCUT2D eigenvalue weighted by molar-refractivity contribution is -0.385. The maximum atomic E-state index is 13.1. The summed E-state index contributed by atoms with van der Waals surface area (Å²) in [5, 5.41) is 23.4. The number of hydrogen-bond acceptors (Lipinski definition) is 7. The van der Waals surface area contributed by atoms with Crippen molar-refractivity contribution in [2.24, 2.45) is 0 Å². The summed E-state index contributed by atoms with van der Waals surface area (Å²) in [7, 11) is -3.65.